The maximum Gasteiger partial charge on any atom is 0.416 e. The highest BCUT2D eigenvalue weighted by atomic mass is 79.9. The summed E-state index contributed by atoms with van der Waals surface area (Å²) in [7, 11) is 0. The number of carbonyl (C=O) groups excluding carboxylic acids is 1. The van der Waals surface area contributed by atoms with Crippen molar-refractivity contribution in [3.63, 3.8) is 0 Å². The van der Waals surface area contributed by atoms with Crippen molar-refractivity contribution in [2.45, 2.75) is 12.4 Å². The van der Waals surface area contributed by atoms with Crippen molar-refractivity contribution in [3.05, 3.63) is 63.6 Å². The van der Waals surface area contributed by atoms with Gasteiger partial charge in [0.05, 0.1) is 16.8 Å². The first-order valence-corrected chi connectivity index (χ1v) is 7.13. The first kappa shape index (κ1) is 18.3. The van der Waals surface area contributed by atoms with Gasteiger partial charge in [0, 0.05) is 10.0 Å². The third-order valence-electron chi connectivity index (χ3n) is 2.97. The maximum atomic E-state index is 12.8. The number of para-hydroxylation sites is 1. The Kier molecular flexibility index (Phi) is 4.93. The van der Waals surface area contributed by atoms with Gasteiger partial charge >= 0.3 is 12.4 Å². The van der Waals surface area contributed by atoms with Crippen LogP contribution in [0.3, 0.4) is 0 Å². The van der Waals surface area contributed by atoms with Crippen LogP contribution < -0.4 is 5.32 Å². The predicted molar refractivity (Wildman–Crippen MR) is 78.5 cm³/mol. The standard InChI is InChI=1S/C15H8BrF6NO/c16-11-3-1-2-4-12(11)23-13(24)8-5-9(14(17,18)19)7-10(6-8)15(20,21)22/h1-7H,(H,23,24). The van der Waals surface area contributed by atoms with Gasteiger partial charge in [0.15, 0.2) is 0 Å². The van der Waals surface area contributed by atoms with Gasteiger partial charge < -0.3 is 5.32 Å². The summed E-state index contributed by atoms with van der Waals surface area (Å²) in [6.07, 6.45) is -10.0. The fourth-order valence-electron chi connectivity index (χ4n) is 1.84. The molecule has 1 N–H and O–H groups in total. The molecule has 1 amide bonds. The molecular weight excluding hydrogens is 404 g/mol. The van der Waals surface area contributed by atoms with Crippen LogP contribution in [0.4, 0.5) is 32.0 Å². The third-order valence-corrected chi connectivity index (χ3v) is 3.66. The lowest BCUT2D eigenvalue weighted by molar-refractivity contribution is -0.143. The molecule has 2 aromatic rings. The van der Waals surface area contributed by atoms with E-state index in [1.165, 1.54) is 6.07 Å². The molecule has 24 heavy (non-hydrogen) atoms. The minimum absolute atomic E-state index is 0.0325. The number of halogens is 7. The predicted octanol–water partition coefficient (Wildman–Crippen LogP) is 5.74. The van der Waals surface area contributed by atoms with Crippen LogP contribution >= 0.6 is 15.9 Å². The summed E-state index contributed by atoms with van der Waals surface area (Å²) in [6, 6.07) is 6.90. The molecule has 2 rings (SSSR count). The number of benzene rings is 2. The highest BCUT2D eigenvalue weighted by Gasteiger charge is 2.37. The van der Waals surface area contributed by atoms with E-state index in [4.69, 9.17) is 0 Å². The van der Waals surface area contributed by atoms with Crippen LogP contribution in [0, 0.1) is 0 Å². The average Bonchev–Trinajstić information content (AvgIpc) is 2.47. The van der Waals surface area contributed by atoms with Crippen molar-refractivity contribution in [1.29, 1.82) is 0 Å². The van der Waals surface area contributed by atoms with Crippen molar-refractivity contribution in [2.75, 3.05) is 5.32 Å². The zero-order chi connectivity index (χ0) is 18.1. The minimum atomic E-state index is -5.01. The second kappa shape index (κ2) is 6.46. The summed E-state index contributed by atoms with van der Waals surface area (Å²) >= 11 is 3.12. The van der Waals surface area contributed by atoms with Crippen LogP contribution in [-0.4, -0.2) is 5.91 Å². The summed E-state index contributed by atoms with van der Waals surface area (Å²) in [5.74, 6) is -1.08. The third kappa shape index (κ3) is 4.28. The van der Waals surface area contributed by atoms with Gasteiger partial charge in [-0.2, -0.15) is 26.3 Å². The fourth-order valence-corrected chi connectivity index (χ4v) is 2.23. The second-order valence-electron chi connectivity index (χ2n) is 4.73. The number of hydrogen-bond donors (Lipinski definition) is 1. The molecule has 0 radical (unpaired) electrons. The zero-order valence-electron chi connectivity index (χ0n) is 11.6. The van der Waals surface area contributed by atoms with Gasteiger partial charge in [-0.3, -0.25) is 4.79 Å². The molecule has 0 fully saturated rings. The van der Waals surface area contributed by atoms with Crippen LogP contribution in [-0.2, 0) is 12.4 Å². The molecule has 0 spiro atoms. The van der Waals surface area contributed by atoms with Gasteiger partial charge in [0.25, 0.3) is 5.91 Å². The Bertz CT molecular complexity index is 737. The second-order valence-corrected chi connectivity index (χ2v) is 5.58. The molecule has 128 valence electrons. The molecule has 0 aliphatic heterocycles. The number of anilines is 1. The number of hydrogen-bond acceptors (Lipinski definition) is 1. The largest absolute Gasteiger partial charge is 0.416 e. The zero-order valence-corrected chi connectivity index (χ0v) is 13.2. The summed E-state index contributed by atoms with van der Waals surface area (Å²) < 4.78 is 77.1. The van der Waals surface area contributed by atoms with E-state index in [1.54, 1.807) is 18.2 Å². The quantitative estimate of drug-likeness (QED) is 0.627. The van der Waals surface area contributed by atoms with Gasteiger partial charge in [-0.25, -0.2) is 0 Å². The van der Waals surface area contributed by atoms with E-state index in [1.807, 2.05) is 0 Å². The van der Waals surface area contributed by atoms with Crippen LogP contribution in [0.2, 0.25) is 0 Å². The van der Waals surface area contributed by atoms with Gasteiger partial charge in [0.2, 0.25) is 0 Å². The number of amides is 1. The number of rotatable bonds is 2. The van der Waals surface area contributed by atoms with Gasteiger partial charge in [-0.1, -0.05) is 12.1 Å². The smallest absolute Gasteiger partial charge is 0.321 e. The lowest BCUT2D eigenvalue weighted by Crippen LogP contribution is -2.17. The summed E-state index contributed by atoms with van der Waals surface area (Å²) in [5, 5.41) is 2.26. The Morgan fingerprint density at radius 1 is 0.875 bits per heavy atom. The van der Waals surface area contributed by atoms with Crippen LogP contribution in [0.25, 0.3) is 0 Å². The highest BCUT2D eigenvalue weighted by molar-refractivity contribution is 9.10. The van der Waals surface area contributed by atoms with Crippen molar-refractivity contribution in [3.8, 4) is 0 Å². The van der Waals surface area contributed by atoms with Crippen molar-refractivity contribution >= 4 is 27.5 Å². The van der Waals surface area contributed by atoms with E-state index in [-0.39, 0.29) is 11.8 Å². The summed E-state index contributed by atoms with van der Waals surface area (Å²) in [5.41, 5.74) is -3.62. The first-order valence-electron chi connectivity index (χ1n) is 6.34. The first-order chi connectivity index (χ1) is 11.0. The molecule has 9 heteroatoms. The molecule has 0 saturated carbocycles. The normalized spacial score (nSPS) is 12.1. The Morgan fingerprint density at radius 2 is 1.38 bits per heavy atom. The molecule has 0 saturated heterocycles. The monoisotopic (exact) mass is 411 g/mol. The summed E-state index contributed by atoms with van der Waals surface area (Å²) in [6.45, 7) is 0. The van der Waals surface area contributed by atoms with Gasteiger partial charge in [-0.15, -0.1) is 0 Å². The van der Waals surface area contributed by atoms with Crippen LogP contribution in [0.15, 0.2) is 46.9 Å². The van der Waals surface area contributed by atoms with Gasteiger partial charge in [-0.05, 0) is 46.3 Å². The van der Waals surface area contributed by atoms with E-state index < -0.39 is 35.0 Å². The molecule has 0 aromatic heterocycles. The van der Waals surface area contributed by atoms with E-state index >= 15 is 0 Å². The highest BCUT2D eigenvalue weighted by Crippen LogP contribution is 2.36. The van der Waals surface area contributed by atoms with Crippen molar-refractivity contribution in [2.24, 2.45) is 0 Å². The minimum Gasteiger partial charge on any atom is -0.321 e. The molecule has 0 unspecified atom stereocenters. The molecule has 0 aliphatic rings. The van der Waals surface area contributed by atoms with Gasteiger partial charge in [0.1, 0.15) is 0 Å². The Morgan fingerprint density at radius 3 is 1.83 bits per heavy atom. The topological polar surface area (TPSA) is 29.1 Å². The summed E-state index contributed by atoms with van der Waals surface area (Å²) in [4.78, 5) is 12.1. The van der Waals surface area contributed by atoms with Crippen molar-refractivity contribution < 1.29 is 31.1 Å². The fraction of sp³-hybridized carbons (Fsp3) is 0.133. The number of alkyl halides is 6. The molecule has 0 aliphatic carbocycles. The van der Waals surface area contributed by atoms with E-state index in [0.717, 1.165) is 0 Å². The molecular formula is C15H8BrF6NO. The van der Waals surface area contributed by atoms with E-state index in [2.05, 4.69) is 21.2 Å². The number of carbonyl (C=O) groups is 1. The SMILES string of the molecule is O=C(Nc1ccccc1Br)c1cc(C(F)(F)F)cc(C(F)(F)F)c1. The lowest BCUT2D eigenvalue weighted by Gasteiger charge is -2.14. The molecule has 2 aromatic carbocycles. The average molecular weight is 412 g/mol. The lowest BCUT2D eigenvalue weighted by atomic mass is 10.0. The molecule has 0 bridgehead atoms. The Balaban J connectivity index is 2.45. The Labute approximate surface area is 140 Å². The van der Waals surface area contributed by atoms with Crippen LogP contribution in [0.1, 0.15) is 21.5 Å². The molecule has 0 heterocycles. The molecule has 0 atom stereocenters. The van der Waals surface area contributed by atoms with E-state index in [9.17, 15) is 31.1 Å². The van der Waals surface area contributed by atoms with E-state index in [0.29, 0.717) is 16.6 Å². The van der Waals surface area contributed by atoms with Crippen LogP contribution in [0.5, 0.6) is 0 Å². The maximum absolute atomic E-state index is 12.8. The number of nitrogens with one attached hydrogen (secondary N) is 1. The Hall–Kier alpha value is -2.03. The van der Waals surface area contributed by atoms with Crippen molar-refractivity contribution in [1.82, 2.24) is 0 Å². The molecule has 2 nitrogen and oxygen atoms in total.